The molecule has 0 radical (unpaired) electrons. The lowest BCUT2D eigenvalue weighted by Crippen LogP contribution is -2.16. The van der Waals surface area contributed by atoms with Crippen LogP contribution in [0.1, 0.15) is 46.5 Å². The van der Waals surface area contributed by atoms with Gasteiger partial charge >= 0.3 is 6.01 Å². The zero-order valence-electron chi connectivity index (χ0n) is 12.7. The Morgan fingerprint density at radius 2 is 1.75 bits per heavy atom. The number of hydrogen-bond acceptors (Lipinski definition) is 6. The van der Waals surface area contributed by atoms with E-state index in [1.165, 1.54) is 12.8 Å². The number of hydrogen-bond donors (Lipinski definition) is 2. The van der Waals surface area contributed by atoms with Crippen molar-refractivity contribution < 1.29 is 4.74 Å². The van der Waals surface area contributed by atoms with Gasteiger partial charge in [0.1, 0.15) is 0 Å². The minimum atomic E-state index is 0.393. The fourth-order valence-corrected chi connectivity index (χ4v) is 1.69. The third-order valence-corrected chi connectivity index (χ3v) is 3.36. The van der Waals surface area contributed by atoms with Gasteiger partial charge in [0.25, 0.3) is 0 Å². The van der Waals surface area contributed by atoms with E-state index < -0.39 is 0 Å². The number of nitrogens with zero attached hydrogens (tertiary/aromatic N) is 3. The summed E-state index contributed by atoms with van der Waals surface area (Å²) in [5.41, 5.74) is 0.411. The zero-order chi connectivity index (χ0) is 14.4. The molecule has 1 heterocycles. The first-order valence-electron chi connectivity index (χ1n) is 7.52. The second-order valence-electron chi connectivity index (χ2n) is 5.70. The van der Waals surface area contributed by atoms with Crippen molar-refractivity contribution in [1.82, 2.24) is 15.0 Å². The molecule has 1 saturated carbocycles. The van der Waals surface area contributed by atoms with Gasteiger partial charge in [-0.15, -0.1) is 0 Å². The van der Waals surface area contributed by atoms with E-state index in [1.807, 2.05) is 0 Å². The standard InChI is InChI=1S/C14H25N5O/c1-4-8-15-11-17-12(16-10-14(3)6-7-14)19-13(18-11)20-9-5-2/h4-10H2,1-3H3,(H2,15,16,17,18,19). The van der Waals surface area contributed by atoms with Crippen LogP contribution in [0.25, 0.3) is 0 Å². The van der Waals surface area contributed by atoms with Crippen LogP contribution in [0, 0.1) is 5.41 Å². The molecule has 0 saturated heterocycles. The third-order valence-electron chi connectivity index (χ3n) is 3.36. The molecule has 2 rings (SSSR count). The lowest BCUT2D eigenvalue weighted by atomic mass is 10.1. The van der Waals surface area contributed by atoms with Crippen LogP contribution < -0.4 is 15.4 Å². The summed E-state index contributed by atoms with van der Waals surface area (Å²) in [5.74, 6) is 1.18. The lowest BCUT2D eigenvalue weighted by molar-refractivity contribution is 0.292. The van der Waals surface area contributed by atoms with Gasteiger partial charge in [0.2, 0.25) is 11.9 Å². The first kappa shape index (κ1) is 14.8. The predicted octanol–water partition coefficient (Wildman–Crippen LogP) is 2.69. The summed E-state index contributed by atoms with van der Waals surface area (Å²) in [6, 6.07) is 0.393. The van der Waals surface area contributed by atoms with E-state index in [2.05, 4.69) is 46.4 Å². The van der Waals surface area contributed by atoms with Crippen molar-refractivity contribution in [2.45, 2.75) is 46.5 Å². The summed E-state index contributed by atoms with van der Waals surface area (Å²) < 4.78 is 5.52. The maximum atomic E-state index is 5.52. The van der Waals surface area contributed by atoms with Crippen molar-refractivity contribution in [3.63, 3.8) is 0 Å². The highest BCUT2D eigenvalue weighted by molar-refractivity contribution is 5.36. The zero-order valence-corrected chi connectivity index (χ0v) is 12.7. The smallest absolute Gasteiger partial charge is 0.323 e. The van der Waals surface area contributed by atoms with E-state index >= 15 is 0 Å². The SMILES string of the molecule is CCCNc1nc(NCC2(C)CC2)nc(OCCC)n1. The van der Waals surface area contributed by atoms with Gasteiger partial charge in [-0.1, -0.05) is 20.8 Å². The Bertz CT molecular complexity index is 407. The molecule has 0 aliphatic heterocycles. The van der Waals surface area contributed by atoms with Crippen molar-refractivity contribution in [2.24, 2.45) is 5.41 Å². The molecular formula is C14H25N5O. The molecule has 20 heavy (non-hydrogen) atoms. The third kappa shape index (κ3) is 4.51. The maximum absolute atomic E-state index is 5.52. The van der Waals surface area contributed by atoms with Crippen LogP contribution in [-0.2, 0) is 0 Å². The molecule has 1 aliphatic carbocycles. The van der Waals surface area contributed by atoms with Crippen LogP contribution in [0.2, 0.25) is 0 Å². The first-order valence-corrected chi connectivity index (χ1v) is 7.52. The molecule has 0 amide bonds. The monoisotopic (exact) mass is 279 g/mol. The van der Waals surface area contributed by atoms with Crippen LogP contribution in [0.3, 0.4) is 0 Å². The summed E-state index contributed by atoms with van der Waals surface area (Å²) in [5, 5.41) is 6.48. The van der Waals surface area contributed by atoms with Gasteiger partial charge in [0.05, 0.1) is 6.61 Å². The van der Waals surface area contributed by atoms with Crippen molar-refractivity contribution in [3.8, 4) is 6.01 Å². The summed E-state index contributed by atoms with van der Waals surface area (Å²) in [4.78, 5) is 13.0. The molecule has 1 aliphatic rings. The Balaban J connectivity index is 2.02. The van der Waals surface area contributed by atoms with E-state index in [0.717, 1.165) is 25.9 Å². The Morgan fingerprint density at radius 3 is 2.35 bits per heavy atom. The summed E-state index contributed by atoms with van der Waals surface area (Å²) in [7, 11) is 0. The van der Waals surface area contributed by atoms with E-state index in [0.29, 0.717) is 29.9 Å². The Hall–Kier alpha value is -1.59. The number of rotatable bonds is 9. The van der Waals surface area contributed by atoms with E-state index in [1.54, 1.807) is 0 Å². The molecule has 1 aromatic heterocycles. The van der Waals surface area contributed by atoms with Crippen molar-refractivity contribution in [1.29, 1.82) is 0 Å². The average Bonchev–Trinajstić information content (AvgIpc) is 3.19. The minimum absolute atomic E-state index is 0.393. The second-order valence-corrected chi connectivity index (χ2v) is 5.70. The van der Waals surface area contributed by atoms with Gasteiger partial charge in [0.15, 0.2) is 0 Å². The molecule has 0 bridgehead atoms. The van der Waals surface area contributed by atoms with Crippen LogP contribution in [0.4, 0.5) is 11.9 Å². The molecule has 6 heteroatoms. The lowest BCUT2D eigenvalue weighted by Gasteiger charge is -2.12. The molecule has 1 aromatic rings. The van der Waals surface area contributed by atoms with Crippen LogP contribution in [0.5, 0.6) is 6.01 Å². The average molecular weight is 279 g/mol. The predicted molar refractivity (Wildman–Crippen MR) is 80.2 cm³/mol. The second kappa shape index (κ2) is 6.72. The molecule has 0 spiro atoms. The quantitative estimate of drug-likeness (QED) is 0.724. The van der Waals surface area contributed by atoms with Gasteiger partial charge in [-0.25, -0.2) is 0 Å². The highest BCUT2D eigenvalue weighted by Crippen LogP contribution is 2.44. The fraction of sp³-hybridized carbons (Fsp3) is 0.786. The number of ether oxygens (including phenoxy) is 1. The molecule has 0 unspecified atom stereocenters. The molecular weight excluding hydrogens is 254 g/mol. The normalized spacial score (nSPS) is 15.8. The molecule has 6 nitrogen and oxygen atoms in total. The summed E-state index contributed by atoms with van der Waals surface area (Å²) >= 11 is 0. The van der Waals surface area contributed by atoms with Gasteiger partial charge in [-0.05, 0) is 31.1 Å². The summed E-state index contributed by atoms with van der Waals surface area (Å²) in [6.07, 6.45) is 4.50. The molecule has 2 N–H and O–H groups in total. The van der Waals surface area contributed by atoms with Gasteiger partial charge in [-0.3, -0.25) is 0 Å². The van der Waals surface area contributed by atoms with E-state index in [9.17, 15) is 0 Å². The molecule has 112 valence electrons. The number of aromatic nitrogens is 3. The van der Waals surface area contributed by atoms with Gasteiger partial charge < -0.3 is 15.4 Å². The Labute approximate surface area is 120 Å². The van der Waals surface area contributed by atoms with Crippen molar-refractivity contribution in [3.05, 3.63) is 0 Å². The fourth-order valence-electron chi connectivity index (χ4n) is 1.69. The maximum Gasteiger partial charge on any atom is 0.323 e. The molecule has 0 atom stereocenters. The number of anilines is 2. The number of nitrogens with one attached hydrogen (secondary N) is 2. The highest BCUT2D eigenvalue weighted by atomic mass is 16.5. The van der Waals surface area contributed by atoms with Crippen LogP contribution >= 0.6 is 0 Å². The highest BCUT2D eigenvalue weighted by Gasteiger charge is 2.37. The first-order chi connectivity index (χ1) is 9.65. The van der Waals surface area contributed by atoms with Crippen molar-refractivity contribution >= 4 is 11.9 Å². The van der Waals surface area contributed by atoms with E-state index in [-0.39, 0.29) is 0 Å². The Kier molecular flexibility index (Phi) is 4.98. The Morgan fingerprint density at radius 1 is 1.05 bits per heavy atom. The molecule has 1 fully saturated rings. The van der Waals surface area contributed by atoms with Gasteiger partial charge in [0, 0.05) is 13.1 Å². The van der Waals surface area contributed by atoms with E-state index in [4.69, 9.17) is 4.74 Å². The minimum Gasteiger partial charge on any atom is -0.463 e. The largest absolute Gasteiger partial charge is 0.463 e. The van der Waals surface area contributed by atoms with Gasteiger partial charge in [-0.2, -0.15) is 15.0 Å². The molecule has 0 aromatic carbocycles. The van der Waals surface area contributed by atoms with Crippen LogP contribution in [0.15, 0.2) is 0 Å². The summed E-state index contributed by atoms with van der Waals surface area (Å²) in [6.45, 7) is 8.80. The topological polar surface area (TPSA) is 72.0 Å². The van der Waals surface area contributed by atoms with Crippen LogP contribution in [-0.4, -0.2) is 34.6 Å². The van der Waals surface area contributed by atoms with Crippen molar-refractivity contribution in [2.75, 3.05) is 30.3 Å².